The van der Waals surface area contributed by atoms with Crippen LogP contribution in [0.4, 0.5) is 5.69 Å². The Morgan fingerprint density at radius 2 is 1.94 bits per heavy atom. The molecule has 16 heavy (non-hydrogen) atoms. The monoisotopic (exact) mass is 218 g/mol. The second kappa shape index (κ2) is 5.35. The van der Waals surface area contributed by atoms with Crippen molar-refractivity contribution in [3.8, 4) is 0 Å². The van der Waals surface area contributed by atoms with E-state index in [0.717, 1.165) is 13.1 Å². The third-order valence-corrected chi connectivity index (χ3v) is 3.56. The summed E-state index contributed by atoms with van der Waals surface area (Å²) in [7, 11) is 0. The van der Waals surface area contributed by atoms with Gasteiger partial charge in [-0.3, -0.25) is 0 Å². The molecule has 0 amide bonds. The highest BCUT2D eigenvalue weighted by Gasteiger charge is 2.22. The first-order valence-corrected chi connectivity index (χ1v) is 6.35. The second-order valence-electron chi connectivity index (χ2n) is 4.71. The number of aryl methyl sites for hydroxylation is 1. The lowest BCUT2D eigenvalue weighted by Gasteiger charge is -2.32. The van der Waals surface area contributed by atoms with E-state index in [0.29, 0.717) is 6.04 Å². The zero-order valence-electron chi connectivity index (χ0n) is 10.2. The molecule has 2 N–H and O–H groups in total. The molecule has 1 aromatic rings. The van der Waals surface area contributed by atoms with E-state index < -0.39 is 0 Å². The lowest BCUT2D eigenvalue weighted by atomic mass is 10.1. The quantitative estimate of drug-likeness (QED) is 0.842. The van der Waals surface area contributed by atoms with Gasteiger partial charge in [-0.15, -0.1) is 0 Å². The summed E-state index contributed by atoms with van der Waals surface area (Å²) >= 11 is 0. The molecule has 1 aliphatic carbocycles. The van der Waals surface area contributed by atoms with Crippen LogP contribution in [0.1, 0.15) is 31.2 Å². The predicted molar refractivity (Wildman–Crippen MR) is 69.8 cm³/mol. The summed E-state index contributed by atoms with van der Waals surface area (Å²) in [5.41, 5.74) is 8.48. The first kappa shape index (κ1) is 11.5. The number of hydrogen-bond acceptors (Lipinski definition) is 2. The Morgan fingerprint density at radius 1 is 1.25 bits per heavy atom. The molecule has 2 nitrogen and oxygen atoms in total. The molecular formula is C14H22N2. The molecule has 2 heteroatoms. The first-order chi connectivity index (χ1) is 7.83. The van der Waals surface area contributed by atoms with Crippen molar-refractivity contribution >= 4 is 5.69 Å². The van der Waals surface area contributed by atoms with Crippen molar-refractivity contribution in [2.75, 3.05) is 18.0 Å². The second-order valence-corrected chi connectivity index (χ2v) is 4.71. The lowest BCUT2D eigenvalue weighted by molar-refractivity contribution is 0.607. The normalized spacial score (nSPS) is 16.6. The van der Waals surface area contributed by atoms with Crippen molar-refractivity contribution < 1.29 is 0 Å². The summed E-state index contributed by atoms with van der Waals surface area (Å²) in [5, 5.41) is 0. The largest absolute Gasteiger partial charge is 0.367 e. The Balaban J connectivity index is 2.21. The Hall–Kier alpha value is -1.02. The van der Waals surface area contributed by atoms with Crippen molar-refractivity contribution in [1.82, 2.24) is 0 Å². The van der Waals surface area contributed by atoms with E-state index in [1.165, 1.54) is 36.9 Å². The van der Waals surface area contributed by atoms with Crippen LogP contribution >= 0.6 is 0 Å². The molecule has 88 valence electrons. The van der Waals surface area contributed by atoms with Crippen LogP contribution in [-0.2, 0) is 0 Å². The van der Waals surface area contributed by atoms with Crippen LogP contribution in [-0.4, -0.2) is 19.1 Å². The molecule has 1 aliphatic rings. The van der Waals surface area contributed by atoms with Gasteiger partial charge in [-0.25, -0.2) is 0 Å². The van der Waals surface area contributed by atoms with Crippen molar-refractivity contribution in [2.45, 2.75) is 38.6 Å². The molecule has 2 rings (SSSR count). The van der Waals surface area contributed by atoms with Crippen LogP contribution in [0.5, 0.6) is 0 Å². The summed E-state index contributed by atoms with van der Waals surface area (Å²) in [6.07, 6.45) is 5.40. The molecule has 0 spiro atoms. The summed E-state index contributed by atoms with van der Waals surface area (Å²) in [5.74, 6) is 0. The Morgan fingerprint density at radius 3 is 2.56 bits per heavy atom. The third-order valence-electron chi connectivity index (χ3n) is 3.56. The minimum Gasteiger partial charge on any atom is -0.367 e. The van der Waals surface area contributed by atoms with E-state index in [1.54, 1.807) is 0 Å². The van der Waals surface area contributed by atoms with Gasteiger partial charge in [-0.05, 0) is 31.4 Å². The molecule has 0 atom stereocenters. The molecule has 0 unspecified atom stereocenters. The van der Waals surface area contributed by atoms with Crippen molar-refractivity contribution in [2.24, 2.45) is 5.73 Å². The highest BCUT2D eigenvalue weighted by molar-refractivity contribution is 5.54. The molecule has 0 heterocycles. The summed E-state index contributed by atoms with van der Waals surface area (Å²) < 4.78 is 0. The fourth-order valence-corrected chi connectivity index (χ4v) is 2.74. The number of nitrogens with two attached hydrogens (primary N) is 1. The molecule has 0 radical (unpaired) electrons. The summed E-state index contributed by atoms with van der Waals surface area (Å²) in [6, 6.07) is 9.36. The maximum Gasteiger partial charge on any atom is 0.0398 e. The van der Waals surface area contributed by atoms with Crippen LogP contribution in [0.2, 0.25) is 0 Å². The maximum absolute atomic E-state index is 5.74. The highest BCUT2D eigenvalue weighted by Crippen LogP contribution is 2.29. The van der Waals surface area contributed by atoms with Crippen molar-refractivity contribution in [3.05, 3.63) is 29.8 Å². The molecule has 1 aromatic carbocycles. The van der Waals surface area contributed by atoms with Gasteiger partial charge in [-0.1, -0.05) is 31.0 Å². The maximum atomic E-state index is 5.74. The lowest BCUT2D eigenvalue weighted by Crippen LogP contribution is -2.37. The van der Waals surface area contributed by atoms with E-state index in [4.69, 9.17) is 5.73 Å². The molecule has 1 saturated carbocycles. The third kappa shape index (κ3) is 2.38. The molecule has 0 aromatic heterocycles. The number of rotatable bonds is 4. The van der Waals surface area contributed by atoms with Gasteiger partial charge < -0.3 is 10.6 Å². The number of benzene rings is 1. The molecule has 0 saturated heterocycles. The van der Waals surface area contributed by atoms with Crippen LogP contribution in [0.3, 0.4) is 0 Å². The minimum atomic E-state index is 0.713. The Labute approximate surface area is 98.4 Å². The number of nitrogens with zero attached hydrogens (tertiary/aromatic N) is 1. The SMILES string of the molecule is Cc1ccccc1N(CCN)C1CCCC1. The average molecular weight is 218 g/mol. The zero-order chi connectivity index (χ0) is 11.4. The molecule has 0 bridgehead atoms. The summed E-state index contributed by atoms with van der Waals surface area (Å²) in [6.45, 7) is 3.91. The molecule has 1 fully saturated rings. The fourth-order valence-electron chi connectivity index (χ4n) is 2.74. The summed E-state index contributed by atoms with van der Waals surface area (Å²) in [4.78, 5) is 2.52. The van der Waals surface area contributed by atoms with Gasteiger partial charge in [0.25, 0.3) is 0 Å². The average Bonchev–Trinajstić information content (AvgIpc) is 2.80. The van der Waals surface area contributed by atoms with Gasteiger partial charge in [0.15, 0.2) is 0 Å². The standard InChI is InChI=1S/C14H22N2/c1-12-6-2-5-9-14(12)16(11-10-15)13-7-3-4-8-13/h2,5-6,9,13H,3-4,7-8,10-11,15H2,1H3. The van der Waals surface area contributed by atoms with Gasteiger partial charge in [0.1, 0.15) is 0 Å². The van der Waals surface area contributed by atoms with Gasteiger partial charge in [0.2, 0.25) is 0 Å². The highest BCUT2D eigenvalue weighted by atomic mass is 15.2. The number of para-hydroxylation sites is 1. The minimum absolute atomic E-state index is 0.713. The first-order valence-electron chi connectivity index (χ1n) is 6.35. The number of anilines is 1. The van der Waals surface area contributed by atoms with Gasteiger partial charge in [0.05, 0.1) is 0 Å². The van der Waals surface area contributed by atoms with Gasteiger partial charge in [-0.2, -0.15) is 0 Å². The fraction of sp³-hybridized carbons (Fsp3) is 0.571. The Kier molecular flexibility index (Phi) is 3.83. The number of hydrogen-bond donors (Lipinski definition) is 1. The van der Waals surface area contributed by atoms with E-state index in [2.05, 4.69) is 36.1 Å². The van der Waals surface area contributed by atoms with Crippen LogP contribution in [0.15, 0.2) is 24.3 Å². The zero-order valence-corrected chi connectivity index (χ0v) is 10.2. The van der Waals surface area contributed by atoms with Crippen LogP contribution in [0.25, 0.3) is 0 Å². The van der Waals surface area contributed by atoms with Gasteiger partial charge >= 0.3 is 0 Å². The van der Waals surface area contributed by atoms with Gasteiger partial charge in [0, 0.05) is 24.8 Å². The van der Waals surface area contributed by atoms with Crippen LogP contribution in [0, 0.1) is 6.92 Å². The smallest absolute Gasteiger partial charge is 0.0398 e. The predicted octanol–water partition coefficient (Wildman–Crippen LogP) is 2.70. The van der Waals surface area contributed by atoms with E-state index in [-0.39, 0.29) is 0 Å². The van der Waals surface area contributed by atoms with E-state index >= 15 is 0 Å². The van der Waals surface area contributed by atoms with E-state index in [1.807, 2.05) is 0 Å². The molecular weight excluding hydrogens is 196 g/mol. The molecule has 0 aliphatic heterocycles. The van der Waals surface area contributed by atoms with Crippen molar-refractivity contribution in [1.29, 1.82) is 0 Å². The topological polar surface area (TPSA) is 29.3 Å². The van der Waals surface area contributed by atoms with Crippen LogP contribution < -0.4 is 10.6 Å². The van der Waals surface area contributed by atoms with E-state index in [9.17, 15) is 0 Å². The Bertz CT molecular complexity index is 329. The van der Waals surface area contributed by atoms with Crippen molar-refractivity contribution in [3.63, 3.8) is 0 Å².